The van der Waals surface area contributed by atoms with E-state index < -0.39 is 0 Å². The molecular weight excluding hydrogens is 436 g/mol. The molecule has 0 unspecified atom stereocenters. The van der Waals surface area contributed by atoms with E-state index in [0.717, 1.165) is 51.2 Å². The third-order valence-electron chi connectivity index (χ3n) is 6.52. The first-order valence-electron chi connectivity index (χ1n) is 11.7. The fraction of sp³-hybridized carbons (Fsp3) is 0.148. The van der Waals surface area contributed by atoms with E-state index in [0.29, 0.717) is 23.1 Å². The van der Waals surface area contributed by atoms with Gasteiger partial charge in [0.2, 0.25) is 0 Å². The molecule has 0 atom stereocenters. The molecule has 2 aliphatic rings. The third-order valence-corrected chi connectivity index (χ3v) is 6.52. The molecule has 1 saturated carbocycles. The Labute approximate surface area is 201 Å². The zero-order valence-corrected chi connectivity index (χ0v) is 18.9. The van der Waals surface area contributed by atoms with E-state index in [4.69, 9.17) is 9.97 Å². The van der Waals surface area contributed by atoms with Crippen molar-refractivity contribution in [3.8, 4) is 22.8 Å². The Bertz CT molecular complexity index is 1680. The number of imidazole rings is 1. The van der Waals surface area contributed by atoms with Gasteiger partial charge in [0.25, 0.3) is 0 Å². The summed E-state index contributed by atoms with van der Waals surface area (Å²) in [4.78, 5) is 22.0. The van der Waals surface area contributed by atoms with Crippen LogP contribution in [0.25, 0.3) is 50.5 Å². The minimum absolute atomic E-state index is 0.571. The van der Waals surface area contributed by atoms with Crippen molar-refractivity contribution in [2.45, 2.75) is 19.3 Å². The topological polar surface area (TPSA) is 108 Å². The summed E-state index contributed by atoms with van der Waals surface area (Å²) in [7, 11) is 0. The summed E-state index contributed by atoms with van der Waals surface area (Å²) in [6.45, 7) is 4.15. The highest BCUT2D eigenvalue weighted by molar-refractivity contribution is 5.95. The van der Waals surface area contributed by atoms with Crippen LogP contribution >= 0.6 is 0 Å². The smallest absolute Gasteiger partial charge is 0.178 e. The normalized spacial score (nSPS) is 15.1. The second kappa shape index (κ2) is 7.73. The predicted octanol–water partition coefficient (Wildman–Crippen LogP) is 5.64. The summed E-state index contributed by atoms with van der Waals surface area (Å²) in [5, 5.41) is 11.0. The van der Waals surface area contributed by atoms with Gasteiger partial charge in [-0.1, -0.05) is 24.8 Å². The van der Waals surface area contributed by atoms with Gasteiger partial charge >= 0.3 is 0 Å². The van der Waals surface area contributed by atoms with Gasteiger partial charge in [-0.3, -0.25) is 10.1 Å². The van der Waals surface area contributed by atoms with Gasteiger partial charge in [0.15, 0.2) is 17.2 Å². The van der Waals surface area contributed by atoms with E-state index in [1.54, 1.807) is 6.20 Å². The highest BCUT2D eigenvalue weighted by atomic mass is 15.2. The molecule has 0 amide bonds. The molecular formula is C27H22N8. The molecule has 5 aromatic heterocycles. The molecule has 8 nitrogen and oxygen atoms in total. The van der Waals surface area contributed by atoms with Gasteiger partial charge in [-0.2, -0.15) is 5.10 Å². The first kappa shape index (κ1) is 19.8. The Morgan fingerprint density at radius 2 is 2.06 bits per heavy atom. The summed E-state index contributed by atoms with van der Waals surface area (Å²) in [5.74, 6) is 1.20. The van der Waals surface area contributed by atoms with E-state index in [1.165, 1.54) is 18.4 Å². The lowest BCUT2D eigenvalue weighted by atomic mass is 10.1. The van der Waals surface area contributed by atoms with E-state index in [1.807, 2.05) is 30.6 Å². The maximum absolute atomic E-state index is 4.93. The van der Waals surface area contributed by atoms with Crippen molar-refractivity contribution in [3.05, 3.63) is 78.9 Å². The Kier molecular flexibility index (Phi) is 4.38. The third kappa shape index (κ3) is 3.50. The van der Waals surface area contributed by atoms with Crippen molar-refractivity contribution >= 4 is 33.5 Å². The van der Waals surface area contributed by atoms with Crippen LogP contribution in [0.2, 0.25) is 0 Å². The van der Waals surface area contributed by atoms with Crippen molar-refractivity contribution < 1.29 is 0 Å². The molecule has 35 heavy (non-hydrogen) atoms. The summed E-state index contributed by atoms with van der Waals surface area (Å²) < 4.78 is 0. The quantitative estimate of drug-likeness (QED) is 0.304. The van der Waals surface area contributed by atoms with E-state index >= 15 is 0 Å². The van der Waals surface area contributed by atoms with Crippen LogP contribution < -0.4 is 5.32 Å². The molecule has 5 aromatic rings. The molecule has 2 aliphatic carbocycles. The van der Waals surface area contributed by atoms with Gasteiger partial charge in [0, 0.05) is 29.2 Å². The fourth-order valence-corrected chi connectivity index (χ4v) is 4.51. The number of hydrogen-bond acceptors (Lipinski definition) is 6. The lowest BCUT2D eigenvalue weighted by Gasteiger charge is -2.09. The van der Waals surface area contributed by atoms with Gasteiger partial charge in [0.05, 0.1) is 28.6 Å². The molecule has 1 fully saturated rings. The molecule has 5 heterocycles. The summed E-state index contributed by atoms with van der Waals surface area (Å²) in [6, 6.07) is 8.02. The van der Waals surface area contributed by atoms with E-state index in [-0.39, 0.29) is 0 Å². The fourth-order valence-electron chi connectivity index (χ4n) is 4.51. The van der Waals surface area contributed by atoms with Crippen LogP contribution in [0.3, 0.4) is 0 Å². The Balaban J connectivity index is 1.28. The molecule has 0 radical (unpaired) electrons. The molecule has 3 N–H and O–H groups in total. The van der Waals surface area contributed by atoms with Crippen molar-refractivity contribution in [3.63, 3.8) is 0 Å². The van der Waals surface area contributed by atoms with E-state index in [9.17, 15) is 0 Å². The average molecular weight is 459 g/mol. The Morgan fingerprint density at radius 3 is 2.91 bits per heavy atom. The number of hydrogen-bond donors (Lipinski definition) is 3. The van der Waals surface area contributed by atoms with Gasteiger partial charge in [-0.15, -0.1) is 0 Å². The van der Waals surface area contributed by atoms with Crippen molar-refractivity contribution in [2.75, 3.05) is 5.32 Å². The van der Waals surface area contributed by atoms with Gasteiger partial charge < -0.3 is 10.3 Å². The number of aromatic amines is 2. The minimum Gasteiger partial charge on any atom is -0.358 e. The number of nitrogens with one attached hydrogen (secondary N) is 3. The van der Waals surface area contributed by atoms with Crippen LogP contribution in [0.4, 0.5) is 5.69 Å². The minimum atomic E-state index is 0.571. The maximum atomic E-state index is 4.93. The number of aromatic nitrogens is 7. The number of rotatable bonds is 6. The average Bonchev–Trinajstić information content (AvgIpc) is 3.26. The highest BCUT2D eigenvalue weighted by Crippen LogP contribution is 2.36. The summed E-state index contributed by atoms with van der Waals surface area (Å²) >= 11 is 0. The first-order valence-corrected chi connectivity index (χ1v) is 11.7. The zero-order chi connectivity index (χ0) is 23.4. The van der Waals surface area contributed by atoms with Crippen molar-refractivity contribution in [2.24, 2.45) is 5.92 Å². The molecule has 0 spiro atoms. The van der Waals surface area contributed by atoms with Crippen molar-refractivity contribution in [1.82, 2.24) is 35.1 Å². The molecule has 170 valence electrons. The second-order valence-electron chi connectivity index (χ2n) is 8.99. The summed E-state index contributed by atoms with van der Waals surface area (Å²) in [6.07, 6.45) is 15.2. The number of nitrogens with zero attached hydrogens (tertiary/aromatic N) is 5. The SMILES string of the molecule is C=C(Nc1cncc(-c2ccc3[nH]nc(-c4nc5nccc(C6=CCC=C6)c5[nH]4)c3n2)c1)C1CC1. The van der Waals surface area contributed by atoms with Crippen LogP contribution in [0.15, 0.2) is 73.4 Å². The number of H-pyrrole nitrogens is 2. The Morgan fingerprint density at radius 1 is 1.11 bits per heavy atom. The lowest BCUT2D eigenvalue weighted by Crippen LogP contribution is -2.00. The van der Waals surface area contributed by atoms with E-state index in [2.05, 4.69) is 61.3 Å². The summed E-state index contributed by atoms with van der Waals surface area (Å²) in [5.41, 5.74) is 9.73. The second-order valence-corrected chi connectivity index (χ2v) is 8.99. The molecule has 8 heteroatoms. The van der Waals surface area contributed by atoms with Crippen LogP contribution in [0.5, 0.6) is 0 Å². The number of fused-ring (bicyclic) bond motifs is 2. The van der Waals surface area contributed by atoms with Gasteiger partial charge in [-0.25, -0.2) is 15.0 Å². The van der Waals surface area contributed by atoms with Crippen LogP contribution in [-0.2, 0) is 0 Å². The monoisotopic (exact) mass is 458 g/mol. The predicted molar refractivity (Wildman–Crippen MR) is 137 cm³/mol. The molecule has 0 aliphatic heterocycles. The van der Waals surface area contributed by atoms with Crippen LogP contribution in [0, 0.1) is 5.92 Å². The molecule has 0 aromatic carbocycles. The highest BCUT2D eigenvalue weighted by Gasteiger charge is 2.24. The Hall–Kier alpha value is -4.59. The first-order chi connectivity index (χ1) is 17.2. The molecule has 7 rings (SSSR count). The van der Waals surface area contributed by atoms with Crippen molar-refractivity contribution in [1.29, 1.82) is 0 Å². The van der Waals surface area contributed by atoms with Gasteiger partial charge in [-0.05, 0) is 55.0 Å². The number of allylic oxidation sites excluding steroid dienone is 5. The lowest BCUT2D eigenvalue weighted by molar-refractivity contribution is 1.02. The molecule has 0 saturated heterocycles. The van der Waals surface area contributed by atoms with Gasteiger partial charge in [0.1, 0.15) is 5.52 Å². The molecule has 0 bridgehead atoms. The standard InChI is InChI=1S/C27H22N8/c1-15(16-6-7-16)30-19-12-18(13-28-14-19)21-8-9-22-24(31-21)25(35-34-22)27-32-23-20(17-4-2-3-5-17)10-11-29-26(23)33-27/h2,4-5,8-14,16,30H,1,3,6-7H2,(H,34,35)(H,29,32,33). The maximum Gasteiger partial charge on any atom is 0.178 e. The number of pyridine rings is 3. The van der Waals surface area contributed by atoms with Crippen LogP contribution in [-0.4, -0.2) is 35.1 Å². The largest absolute Gasteiger partial charge is 0.358 e. The van der Waals surface area contributed by atoms with Crippen LogP contribution in [0.1, 0.15) is 24.8 Å². The number of anilines is 1. The zero-order valence-electron chi connectivity index (χ0n) is 18.9.